The molecular weight excluding hydrogens is 278 g/mol. The molecule has 0 aliphatic carbocycles. The van der Waals surface area contributed by atoms with Gasteiger partial charge in [-0.1, -0.05) is 11.3 Å². The number of nitrogens with one attached hydrogen (secondary N) is 1. The maximum absolute atomic E-state index is 11.8. The van der Waals surface area contributed by atoms with Gasteiger partial charge in [0.2, 0.25) is 11.0 Å². The SMILES string of the molecule is CC(CCC(=O)NCc1nnc(N)s1)N1CCOCC1. The van der Waals surface area contributed by atoms with Crippen molar-refractivity contribution in [3.05, 3.63) is 5.01 Å². The van der Waals surface area contributed by atoms with E-state index in [0.717, 1.165) is 37.7 Å². The maximum atomic E-state index is 11.8. The topological polar surface area (TPSA) is 93.4 Å². The third-order valence-corrected chi connectivity index (χ3v) is 4.13. The van der Waals surface area contributed by atoms with E-state index in [0.29, 0.717) is 24.1 Å². The molecule has 8 heteroatoms. The van der Waals surface area contributed by atoms with Crippen LogP contribution in [0.4, 0.5) is 5.13 Å². The first-order chi connectivity index (χ1) is 9.65. The molecule has 1 aliphatic rings. The Morgan fingerprint density at radius 3 is 2.90 bits per heavy atom. The van der Waals surface area contributed by atoms with Crippen molar-refractivity contribution in [1.82, 2.24) is 20.4 Å². The van der Waals surface area contributed by atoms with Crippen LogP contribution >= 0.6 is 11.3 Å². The molecule has 20 heavy (non-hydrogen) atoms. The average Bonchev–Trinajstić information content (AvgIpc) is 2.89. The Morgan fingerprint density at radius 1 is 1.50 bits per heavy atom. The lowest BCUT2D eigenvalue weighted by molar-refractivity contribution is -0.121. The number of nitrogen functional groups attached to an aromatic ring is 1. The third-order valence-electron chi connectivity index (χ3n) is 3.38. The second kappa shape index (κ2) is 7.51. The summed E-state index contributed by atoms with van der Waals surface area (Å²) in [6.45, 7) is 6.04. The number of carbonyl (C=O) groups excluding carboxylic acids is 1. The van der Waals surface area contributed by atoms with Gasteiger partial charge in [-0.05, 0) is 13.3 Å². The number of hydrogen-bond acceptors (Lipinski definition) is 7. The molecule has 112 valence electrons. The molecule has 2 rings (SSSR count). The summed E-state index contributed by atoms with van der Waals surface area (Å²) >= 11 is 1.30. The standard InChI is InChI=1S/C12H21N5O2S/c1-9(17-4-6-19-7-5-17)2-3-10(18)14-8-11-15-16-12(13)20-11/h9H,2-8H2,1H3,(H2,13,16)(H,14,18). The van der Waals surface area contributed by atoms with Crippen LogP contribution < -0.4 is 11.1 Å². The van der Waals surface area contributed by atoms with E-state index in [-0.39, 0.29) is 5.91 Å². The van der Waals surface area contributed by atoms with Gasteiger partial charge in [0.15, 0.2) is 0 Å². The number of nitrogens with two attached hydrogens (primary N) is 1. The molecule has 3 N–H and O–H groups in total. The van der Waals surface area contributed by atoms with Crippen molar-refractivity contribution in [2.24, 2.45) is 0 Å². The van der Waals surface area contributed by atoms with Crippen molar-refractivity contribution < 1.29 is 9.53 Å². The molecule has 1 atom stereocenters. The monoisotopic (exact) mass is 299 g/mol. The van der Waals surface area contributed by atoms with Gasteiger partial charge in [0.1, 0.15) is 5.01 Å². The molecule has 2 heterocycles. The number of aromatic nitrogens is 2. The number of anilines is 1. The lowest BCUT2D eigenvalue weighted by Crippen LogP contribution is -2.42. The first-order valence-corrected chi connectivity index (χ1v) is 7.63. The van der Waals surface area contributed by atoms with Gasteiger partial charge in [-0.15, -0.1) is 10.2 Å². The minimum atomic E-state index is 0.0406. The Kier molecular flexibility index (Phi) is 5.69. The lowest BCUT2D eigenvalue weighted by atomic mass is 10.1. The van der Waals surface area contributed by atoms with Crippen LogP contribution in [0.5, 0.6) is 0 Å². The van der Waals surface area contributed by atoms with Gasteiger partial charge in [0.05, 0.1) is 19.8 Å². The van der Waals surface area contributed by atoms with E-state index >= 15 is 0 Å². The molecular formula is C12H21N5O2S. The predicted octanol–water partition coefficient (Wildman–Crippen LogP) is 0.237. The predicted molar refractivity (Wildman–Crippen MR) is 77.3 cm³/mol. The molecule has 0 radical (unpaired) electrons. The Bertz CT molecular complexity index is 433. The number of morpholine rings is 1. The summed E-state index contributed by atoms with van der Waals surface area (Å²) < 4.78 is 5.32. The fourth-order valence-corrected chi connectivity index (χ4v) is 2.69. The van der Waals surface area contributed by atoms with Crippen molar-refractivity contribution in [2.45, 2.75) is 32.4 Å². The number of rotatable bonds is 6. The van der Waals surface area contributed by atoms with Crippen molar-refractivity contribution in [3.63, 3.8) is 0 Å². The van der Waals surface area contributed by atoms with Crippen LogP contribution in [0.1, 0.15) is 24.8 Å². The molecule has 1 unspecified atom stereocenters. The van der Waals surface area contributed by atoms with Crippen LogP contribution in [-0.4, -0.2) is 53.3 Å². The second-order valence-electron chi connectivity index (χ2n) is 4.85. The smallest absolute Gasteiger partial charge is 0.220 e. The minimum absolute atomic E-state index is 0.0406. The molecule has 0 bridgehead atoms. The van der Waals surface area contributed by atoms with Gasteiger partial charge in [0.25, 0.3) is 0 Å². The molecule has 1 aliphatic heterocycles. The summed E-state index contributed by atoms with van der Waals surface area (Å²) in [5, 5.41) is 11.6. The quantitative estimate of drug-likeness (QED) is 0.781. The minimum Gasteiger partial charge on any atom is -0.379 e. The summed E-state index contributed by atoms with van der Waals surface area (Å²) in [4.78, 5) is 14.1. The number of carbonyl (C=O) groups is 1. The van der Waals surface area contributed by atoms with Crippen LogP contribution in [0.15, 0.2) is 0 Å². The van der Waals surface area contributed by atoms with Gasteiger partial charge >= 0.3 is 0 Å². The largest absolute Gasteiger partial charge is 0.379 e. The zero-order chi connectivity index (χ0) is 14.4. The normalized spacial score (nSPS) is 17.9. The lowest BCUT2D eigenvalue weighted by Gasteiger charge is -2.32. The van der Waals surface area contributed by atoms with Crippen molar-refractivity contribution in [1.29, 1.82) is 0 Å². The van der Waals surface area contributed by atoms with Crippen LogP contribution in [0.25, 0.3) is 0 Å². The van der Waals surface area contributed by atoms with Gasteiger partial charge in [-0.25, -0.2) is 0 Å². The molecule has 1 fully saturated rings. The highest BCUT2D eigenvalue weighted by Crippen LogP contribution is 2.11. The third kappa shape index (κ3) is 4.69. The maximum Gasteiger partial charge on any atom is 0.220 e. The van der Waals surface area contributed by atoms with Crippen LogP contribution in [0, 0.1) is 0 Å². The van der Waals surface area contributed by atoms with Crippen LogP contribution in [0.3, 0.4) is 0 Å². The Morgan fingerprint density at radius 2 is 2.25 bits per heavy atom. The van der Waals surface area contributed by atoms with E-state index in [1.807, 2.05) is 0 Å². The molecule has 1 saturated heterocycles. The number of hydrogen-bond donors (Lipinski definition) is 2. The highest BCUT2D eigenvalue weighted by atomic mass is 32.1. The molecule has 1 amide bonds. The van der Waals surface area contributed by atoms with Crippen molar-refractivity contribution in [2.75, 3.05) is 32.0 Å². The average molecular weight is 299 g/mol. The molecule has 0 spiro atoms. The van der Waals surface area contributed by atoms with Gasteiger partial charge in [-0.2, -0.15) is 0 Å². The summed E-state index contributed by atoms with van der Waals surface area (Å²) in [5.41, 5.74) is 5.48. The first kappa shape index (κ1) is 15.1. The molecule has 0 aromatic carbocycles. The van der Waals surface area contributed by atoms with E-state index < -0.39 is 0 Å². The fraction of sp³-hybridized carbons (Fsp3) is 0.750. The Hall–Kier alpha value is -1.25. The summed E-state index contributed by atoms with van der Waals surface area (Å²) in [6.07, 6.45) is 1.37. The highest BCUT2D eigenvalue weighted by molar-refractivity contribution is 7.15. The summed E-state index contributed by atoms with van der Waals surface area (Å²) in [7, 11) is 0. The van der Waals surface area contributed by atoms with E-state index in [1.165, 1.54) is 11.3 Å². The van der Waals surface area contributed by atoms with Crippen LogP contribution in [-0.2, 0) is 16.1 Å². The molecule has 1 aromatic rings. The van der Waals surface area contributed by atoms with Crippen molar-refractivity contribution in [3.8, 4) is 0 Å². The molecule has 7 nitrogen and oxygen atoms in total. The number of nitrogens with zero attached hydrogens (tertiary/aromatic N) is 3. The fourth-order valence-electron chi connectivity index (χ4n) is 2.14. The highest BCUT2D eigenvalue weighted by Gasteiger charge is 2.17. The Labute approximate surface area is 122 Å². The second-order valence-corrected chi connectivity index (χ2v) is 5.94. The summed E-state index contributed by atoms with van der Waals surface area (Å²) in [5.74, 6) is 0.0406. The molecule has 1 aromatic heterocycles. The zero-order valence-electron chi connectivity index (χ0n) is 11.7. The van der Waals surface area contributed by atoms with Gasteiger partial charge in [0, 0.05) is 25.6 Å². The van der Waals surface area contributed by atoms with E-state index in [4.69, 9.17) is 10.5 Å². The molecule has 0 saturated carbocycles. The number of amides is 1. The van der Waals surface area contributed by atoms with Gasteiger partial charge in [-0.3, -0.25) is 9.69 Å². The zero-order valence-corrected chi connectivity index (χ0v) is 12.5. The van der Waals surface area contributed by atoms with E-state index in [2.05, 4.69) is 27.3 Å². The van der Waals surface area contributed by atoms with E-state index in [1.54, 1.807) is 0 Å². The first-order valence-electron chi connectivity index (χ1n) is 6.81. The Balaban J connectivity index is 1.64. The summed E-state index contributed by atoms with van der Waals surface area (Å²) in [6, 6.07) is 0.404. The van der Waals surface area contributed by atoms with Crippen LogP contribution in [0.2, 0.25) is 0 Å². The number of ether oxygens (including phenoxy) is 1. The van der Waals surface area contributed by atoms with Crippen molar-refractivity contribution >= 4 is 22.4 Å². The van der Waals surface area contributed by atoms with E-state index in [9.17, 15) is 4.79 Å². The van der Waals surface area contributed by atoms with Gasteiger partial charge < -0.3 is 15.8 Å².